The van der Waals surface area contributed by atoms with Crippen LogP contribution in [0.3, 0.4) is 0 Å². The van der Waals surface area contributed by atoms with E-state index in [4.69, 9.17) is 0 Å². The summed E-state index contributed by atoms with van der Waals surface area (Å²) in [5.74, 6) is -0.202. The zero-order chi connectivity index (χ0) is 12.4. The van der Waals surface area contributed by atoms with Crippen LogP contribution in [0.25, 0.3) is 5.69 Å². The molecule has 90 valence electrons. The van der Waals surface area contributed by atoms with Gasteiger partial charge in [0.15, 0.2) is 0 Å². The molecule has 1 N–H and O–H groups in total. The molecule has 1 aromatic carbocycles. The molecule has 2 nitrogen and oxygen atoms in total. The lowest BCUT2D eigenvalue weighted by atomic mass is 10.2. The number of halogens is 1. The minimum atomic E-state index is -0.202. The second-order valence-corrected chi connectivity index (χ2v) is 4.24. The number of hydrogen-bond donors (Lipinski definition) is 1. The second kappa shape index (κ2) is 4.72. The number of hydrogen-bond acceptors (Lipinski definition) is 1. The first-order chi connectivity index (χ1) is 8.13. The third kappa shape index (κ3) is 2.24. The molecular formula is C14H17FN2. The van der Waals surface area contributed by atoms with E-state index in [2.05, 4.69) is 29.8 Å². The van der Waals surface area contributed by atoms with Crippen LogP contribution >= 0.6 is 0 Å². The molecule has 0 radical (unpaired) electrons. The van der Waals surface area contributed by atoms with E-state index in [-0.39, 0.29) is 5.82 Å². The second-order valence-electron chi connectivity index (χ2n) is 4.24. The highest BCUT2D eigenvalue weighted by Gasteiger charge is 2.09. The van der Waals surface area contributed by atoms with Crippen molar-refractivity contribution in [1.82, 2.24) is 9.88 Å². The molecule has 0 amide bonds. The van der Waals surface area contributed by atoms with Gasteiger partial charge in [-0.1, -0.05) is 0 Å². The molecule has 2 aromatic rings. The van der Waals surface area contributed by atoms with Gasteiger partial charge in [0, 0.05) is 23.6 Å². The summed E-state index contributed by atoms with van der Waals surface area (Å²) in [6.07, 6.45) is 0. The molecule has 0 bridgehead atoms. The molecule has 3 heteroatoms. The van der Waals surface area contributed by atoms with Gasteiger partial charge < -0.3 is 9.88 Å². The number of nitrogens with one attached hydrogen (secondary N) is 1. The predicted molar refractivity (Wildman–Crippen MR) is 68.0 cm³/mol. The fraction of sp³-hybridized carbons (Fsp3) is 0.286. The van der Waals surface area contributed by atoms with Crippen LogP contribution in [-0.4, -0.2) is 11.6 Å². The Kier molecular flexibility index (Phi) is 3.29. The van der Waals surface area contributed by atoms with Gasteiger partial charge in [-0.2, -0.15) is 0 Å². The first-order valence-corrected chi connectivity index (χ1v) is 5.72. The molecule has 0 saturated heterocycles. The van der Waals surface area contributed by atoms with Crippen molar-refractivity contribution in [3.05, 3.63) is 53.1 Å². The van der Waals surface area contributed by atoms with Gasteiger partial charge in [0.1, 0.15) is 5.82 Å². The Labute approximate surface area is 101 Å². The lowest BCUT2D eigenvalue weighted by Gasteiger charge is -2.09. The molecule has 0 atom stereocenters. The number of aryl methyl sites for hydroxylation is 1. The monoisotopic (exact) mass is 232 g/mol. The van der Waals surface area contributed by atoms with Gasteiger partial charge in [-0.05, 0) is 56.8 Å². The van der Waals surface area contributed by atoms with E-state index in [1.165, 1.54) is 29.1 Å². The minimum Gasteiger partial charge on any atom is -0.318 e. The topological polar surface area (TPSA) is 17.0 Å². The van der Waals surface area contributed by atoms with Crippen LogP contribution < -0.4 is 5.32 Å². The number of rotatable bonds is 3. The zero-order valence-corrected chi connectivity index (χ0v) is 10.4. The fourth-order valence-electron chi connectivity index (χ4n) is 2.19. The molecule has 0 saturated carbocycles. The SMILES string of the molecule is CNCc1cc(C)n(-c2ccc(F)cc2)c1C. The highest BCUT2D eigenvalue weighted by molar-refractivity contribution is 5.41. The summed E-state index contributed by atoms with van der Waals surface area (Å²) in [4.78, 5) is 0. The molecule has 1 aromatic heterocycles. The fourth-order valence-corrected chi connectivity index (χ4v) is 2.19. The average Bonchev–Trinajstić information content (AvgIpc) is 2.57. The van der Waals surface area contributed by atoms with Crippen LogP contribution in [0.4, 0.5) is 4.39 Å². The summed E-state index contributed by atoms with van der Waals surface area (Å²) in [6, 6.07) is 8.75. The summed E-state index contributed by atoms with van der Waals surface area (Å²) in [7, 11) is 1.93. The van der Waals surface area contributed by atoms with E-state index in [0.717, 1.165) is 12.2 Å². The molecular weight excluding hydrogens is 215 g/mol. The molecule has 0 spiro atoms. The average molecular weight is 232 g/mol. The first kappa shape index (κ1) is 11.9. The Morgan fingerprint density at radius 1 is 1.18 bits per heavy atom. The maximum atomic E-state index is 12.9. The van der Waals surface area contributed by atoms with Gasteiger partial charge >= 0.3 is 0 Å². The van der Waals surface area contributed by atoms with Gasteiger partial charge in [0.25, 0.3) is 0 Å². The largest absolute Gasteiger partial charge is 0.318 e. The molecule has 0 unspecified atom stereocenters. The summed E-state index contributed by atoms with van der Waals surface area (Å²) in [5, 5.41) is 3.15. The van der Waals surface area contributed by atoms with Crippen LogP contribution in [0, 0.1) is 19.7 Å². The van der Waals surface area contributed by atoms with Crippen molar-refractivity contribution in [2.45, 2.75) is 20.4 Å². The number of aromatic nitrogens is 1. The number of benzene rings is 1. The third-order valence-electron chi connectivity index (χ3n) is 2.99. The molecule has 0 aliphatic carbocycles. The standard InChI is InChI=1S/C14H17FN2/c1-10-8-12(9-16-3)11(2)17(10)14-6-4-13(15)5-7-14/h4-8,16H,9H2,1-3H3. The van der Waals surface area contributed by atoms with Crippen molar-refractivity contribution in [2.75, 3.05) is 7.05 Å². The quantitative estimate of drug-likeness (QED) is 0.861. The molecule has 1 heterocycles. The molecule has 2 rings (SSSR count). The summed E-state index contributed by atoms with van der Waals surface area (Å²) in [5.41, 5.74) is 4.64. The van der Waals surface area contributed by atoms with Crippen LogP contribution in [0.1, 0.15) is 17.0 Å². The molecule has 0 aliphatic heterocycles. The Hall–Kier alpha value is -1.61. The lowest BCUT2D eigenvalue weighted by molar-refractivity contribution is 0.627. The van der Waals surface area contributed by atoms with E-state index in [9.17, 15) is 4.39 Å². The van der Waals surface area contributed by atoms with Crippen LogP contribution in [-0.2, 0) is 6.54 Å². The first-order valence-electron chi connectivity index (χ1n) is 5.72. The van der Waals surface area contributed by atoms with Gasteiger partial charge in [-0.3, -0.25) is 0 Å². The van der Waals surface area contributed by atoms with Gasteiger partial charge in [0.05, 0.1) is 0 Å². The normalized spacial score (nSPS) is 10.8. The van der Waals surface area contributed by atoms with Gasteiger partial charge in [0.2, 0.25) is 0 Å². The minimum absolute atomic E-state index is 0.202. The Balaban J connectivity index is 2.48. The van der Waals surface area contributed by atoms with E-state index < -0.39 is 0 Å². The van der Waals surface area contributed by atoms with Crippen molar-refractivity contribution in [1.29, 1.82) is 0 Å². The van der Waals surface area contributed by atoms with E-state index in [1.54, 1.807) is 12.1 Å². The van der Waals surface area contributed by atoms with Crippen molar-refractivity contribution >= 4 is 0 Å². The third-order valence-corrected chi connectivity index (χ3v) is 2.99. The van der Waals surface area contributed by atoms with Gasteiger partial charge in [-0.15, -0.1) is 0 Å². The maximum Gasteiger partial charge on any atom is 0.123 e. The Morgan fingerprint density at radius 3 is 2.41 bits per heavy atom. The van der Waals surface area contributed by atoms with Crippen LogP contribution in [0.5, 0.6) is 0 Å². The Morgan fingerprint density at radius 2 is 1.82 bits per heavy atom. The number of nitrogens with zero attached hydrogens (tertiary/aromatic N) is 1. The summed E-state index contributed by atoms with van der Waals surface area (Å²) < 4.78 is 15.1. The predicted octanol–water partition coefficient (Wildman–Crippen LogP) is 2.95. The summed E-state index contributed by atoms with van der Waals surface area (Å²) >= 11 is 0. The lowest BCUT2D eigenvalue weighted by Crippen LogP contribution is -2.06. The Bertz CT molecular complexity index is 512. The smallest absolute Gasteiger partial charge is 0.123 e. The van der Waals surface area contributed by atoms with Crippen molar-refractivity contribution in [3.8, 4) is 5.69 Å². The maximum absolute atomic E-state index is 12.9. The highest BCUT2D eigenvalue weighted by atomic mass is 19.1. The van der Waals surface area contributed by atoms with Crippen LogP contribution in [0.2, 0.25) is 0 Å². The molecule has 0 aliphatic rings. The van der Waals surface area contributed by atoms with Crippen LogP contribution in [0.15, 0.2) is 30.3 Å². The highest BCUT2D eigenvalue weighted by Crippen LogP contribution is 2.20. The zero-order valence-electron chi connectivity index (χ0n) is 10.4. The van der Waals surface area contributed by atoms with Crippen molar-refractivity contribution in [3.63, 3.8) is 0 Å². The van der Waals surface area contributed by atoms with E-state index in [1.807, 2.05) is 7.05 Å². The van der Waals surface area contributed by atoms with E-state index in [0.29, 0.717) is 0 Å². The van der Waals surface area contributed by atoms with E-state index >= 15 is 0 Å². The van der Waals surface area contributed by atoms with Crippen molar-refractivity contribution < 1.29 is 4.39 Å². The van der Waals surface area contributed by atoms with Gasteiger partial charge in [-0.25, -0.2) is 4.39 Å². The molecule has 0 fully saturated rings. The molecule has 17 heavy (non-hydrogen) atoms. The summed E-state index contributed by atoms with van der Waals surface area (Å²) in [6.45, 7) is 5.00. The van der Waals surface area contributed by atoms with Crippen molar-refractivity contribution in [2.24, 2.45) is 0 Å².